The molecule has 0 aromatic rings. The molecule has 3 unspecified atom stereocenters. The number of aliphatic carboxylic acids is 1. The highest BCUT2D eigenvalue weighted by atomic mass is 16.4. The average molecular weight is 437 g/mol. The standard InChI is InChI=1S/C26H44O5/c1-5-16-18-12-15(27)8-10-25(18,3)17-9-11-26(4)19(22(17)24(16)31)13-20(28)23(26)14(2)6-7-21(29)30/h14-20,22-24,27-28,31H,5-13H2,1-4H3,(H,29,30)/t14-,15-,16-,17?,18+,19?,20+,22?,23+,24-,25-,26+/m1/s1. The lowest BCUT2D eigenvalue weighted by atomic mass is 9.41. The summed E-state index contributed by atoms with van der Waals surface area (Å²) in [4.78, 5) is 11.1. The van der Waals surface area contributed by atoms with Crippen molar-refractivity contribution in [3.05, 3.63) is 0 Å². The van der Waals surface area contributed by atoms with Crippen LogP contribution in [0.2, 0.25) is 0 Å². The first-order chi connectivity index (χ1) is 14.5. The van der Waals surface area contributed by atoms with Crippen molar-refractivity contribution >= 4 is 5.97 Å². The van der Waals surface area contributed by atoms with Gasteiger partial charge in [0.2, 0.25) is 0 Å². The quantitative estimate of drug-likeness (QED) is 0.520. The molecule has 0 aromatic heterocycles. The molecule has 0 spiro atoms. The van der Waals surface area contributed by atoms with Gasteiger partial charge < -0.3 is 20.4 Å². The predicted molar refractivity (Wildman–Crippen MR) is 119 cm³/mol. The summed E-state index contributed by atoms with van der Waals surface area (Å²) in [7, 11) is 0. The molecule has 4 saturated carbocycles. The van der Waals surface area contributed by atoms with Crippen molar-refractivity contribution in [1.82, 2.24) is 0 Å². The first-order valence-corrected chi connectivity index (χ1v) is 12.8. The molecule has 0 bridgehead atoms. The number of hydrogen-bond acceptors (Lipinski definition) is 4. The minimum Gasteiger partial charge on any atom is -0.481 e. The van der Waals surface area contributed by atoms with Gasteiger partial charge in [-0.1, -0.05) is 34.1 Å². The molecule has 0 aliphatic heterocycles. The van der Waals surface area contributed by atoms with Gasteiger partial charge in [-0.2, -0.15) is 0 Å². The van der Waals surface area contributed by atoms with Gasteiger partial charge in [0.25, 0.3) is 0 Å². The highest BCUT2D eigenvalue weighted by molar-refractivity contribution is 5.66. The van der Waals surface area contributed by atoms with E-state index < -0.39 is 12.1 Å². The minimum atomic E-state index is -0.767. The molecule has 12 atom stereocenters. The number of fused-ring (bicyclic) bond motifs is 5. The molecule has 4 fully saturated rings. The van der Waals surface area contributed by atoms with Crippen molar-refractivity contribution in [2.75, 3.05) is 0 Å². The van der Waals surface area contributed by atoms with Crippen LogP contribution in [0.5, 0.6) is 0 Å². The van der Waals surface area contributed by atoms with Gasteiger partial charge in [-0.3, -0.25) is 4.79 Å². The number of aliphatic hydroxyl groups excluding tert-OH is 3. The Balaban J connectivity index is 1.65. The second kappa shape index (κ2) is 8.29. The highest BCUT2D eigenvalue weighted by Gasteiger charge is 2.66. The van der Waals surface area contributed by atoms with Crippen LogP contribution in [-0.4, -0.2) is 44.7 Å². The Morgan fingerprint density at radius 1 is 1.00 bits per heavy atom. The smallest absolute Gasteiger partial charge is 0.303 e. The zero-order chi connectivity index (χ0) is 22.7. The zero-order valence-electron chi connectivity index (χ0n) is 19.8. The van der Waals surface area contributed by atoms with Gasteiger partial charge in [0.05, 0.1) is 18.3 Å². The van der Waals surface area contributed by atoms with Crippen LogP contribution < -0.4 is 0 Å². The van der Waals surface area contributed by atoms with Crippen LogP contribution in [-0.2, 0) is 4.79 Å². The first-order valence-electron chi connectivity index (χ1n) is 12.8. The molecule has 4 aliphatic rings. The van der Waals surface area contributed by atoms with Crippen LogP contribution in [0.25, 0.3) is 0 Å². The molecule has 31 heavy (non-hydrogen) atoms. The van der Waals surface area contributed by atoms with Gasteiger partial charge in [0.15, 0.2) is 0 Å². The van der Waals surface area contributed by atoms with Crippen molar-refractivity contribution in [1.29, 1.82) is 0 Å². The Bertz CT molecular complexity index is 681. The predicted octanol–water partition coefficient (Wildman–Crippen LogP) is 4.08. The van der Waals surface area contributed by atoms with Crippen molar-refractivity contribution in [2.24, 2.45) is 52.3 Å². The number of rotatable bonds is 5. The Morgan fingerprint density at radius 3 is 2.32 bits per heavy atom. The normalized spacial score (nSPS) is 52.7. The highest BCUT2D eigenvalue weighted by Crippen LogP contribution is 2.69. The maximum absolute atomic E-state index is 11.7. The minimum absolute atomic E-state index is 0.0465. The molecule has 0 amide bonds. The molecule has 0 aromatic carbocycles. The third-order valence-electron chi connectivity index (χ3n) is 10.9. The second-order valence-corrected chi connectivity index (χ2v) is 12.2. The van der Waals surface area contributed by atoms with Crippen LogP contribution in [0.4, 0.5) is 0 Å². The van der Waals surface area contributed by atoms with E-state index in [-0.39, 0.29) is 59.0 Å². The Kier molecular flexibility index (Phi) is 6.28. The summed E-state index contributed by atoms with van der Waals surface area (Å²) < 4.78 is 0. The molecule has 4 N–H and O–H groups in total. The molecule has 5 nitrogen and oxygen atoms in total. The Hall–Kier alpha value is -0.650. The maximum atomic E-state index is 11.7. The lowest BCUT2D eigenvalue weighted by Gasteiger charge is -2.64. The molecule has 4 aliphatic carbocycles. The van der Waals surface area contributed by atoms with E-state index in [0.717, 1.165) is 44.9 Å². The lowest BCUT2D eigenvalue weighted by Crippen LogP contribution is -2.62. The molecular weight excluding hydrogens is 392 g/mol. The molecule has 178 valence electrons. The number of aliphatic hydroxyl groups is 3. The van der Waals surface area contributed by atoms with E-state index in [2.05, 4.69) is 27.7 Å². The average Bonchev–Trinajstić information content (AvgIpc) is 2.98. The summed E-state index contributed by atoms with van der Waals surface area (Å²) in [6.45, 7) is 9.04. The molecular formula is C26H44O5. The lowest BCUT2D eigenvalue weighted by molar-refractivity contribution is -0.203. The number of carboxylic acid groups (broad SMARTS) is 1. The van der Waals surface area contributed by atoms with E-state index >= 15 is 0 Å². The summed E-state index contributed by atoms with van der Waals surface area (Å²) in [6, 6.07) is 0. The Morgan fingerprint density at radius 2 is 1.68 bits per heavy atom. The third-order valence-corrected chi connectivity index (χ3v) is 10.9. The van der Waals surface area contributed by atoms with Crippen LogP contribution in [0.3, 0.4) is 0 Å². The fraction of sp³-hybridized carbons (Fsp3) is 0.962. The Labute approximate surface area is 187 Å². The van der Waals surface area contributed by atoms with Crippen molar-refractivity contribution in [3.8, 4) is 0 Å². The van der Waals surface area contributed by atoms with E-state index in [0.29, 0.717) is 18.3 Å². The third kappa shape index (κ3) is 3.58. The fourth-order valence-electron chi connectivity index (χ4n) is 9.57. The summed E-state index contributed by atoms with van der Waals surface area (Å²) >= 11 is 0. The van der Waals surface area contributed by atoms with Gasteiger partial charge in [-0.15, -0.1) is 0 Å². The first kappa shape index (κ1) is 23.5. The summed E-state index contributed by atoms with van der Waals surface area (Å²) in [5, 5.41) is 42.5. The summed E-state index contributed by atoms with van der Waals surface area (Å²) in [6.07, 6.45) is 6.23. The van der Waals surface area contributed by atoms with E-state index in [1.807, 2.05) is 0 Å². The van der Waals surface area contributed by atoms with E-state index in [4.69, 9.17) is 5.11 Å². The summed E-state index contributed by atoms with van der Waals surface area (Å²) in [5.41, 5.74) is 0.109. The number of carbonyl (C=O) groups is 1. The van der Waals surface area contributed by atoms with Gasteiger partial charge in [-0.25, -0.2) is 0 Å². The van der Waals surface area contributed by atoms with E-state index in [9.17, 15) is 20.1 Å². The van der Waals surface area contributed by atoms with Crippen molar-refractivity contribution in [2.45, 2.75) is 104 Å². The number of hydrogen-bond donors (Lipinski definition) is 4. The second-order valence-electron chi connectivity index (χ2n) is 12.2. The van der Waals surface area contributed by atoms with Crippen molar-refractivity contribution in [3.63, 3.8) is 0 Å². The summed E-state index contributed by atoms with van der Waals surface area (Å²) in [5.74, 6) is 1.01. The monoisotopic (exact) mass is 436 g/mol. The van der Waals surface area contributed by atoms with Crippen LogP contribution in [0, 0.1) is 52.3 Å². The largest absolute Gasteiger partial charge is 0.481 e. The zero-order valence-corrected chi connectivity index (χ0v) is 19.8. The van der Waals surface area contributed by atoms with Gasteiger partial charge in [-0.05, 0) is 97.2 Å². The van der Waals surface area contributed by atoms with E-state index in [1.54, 1.807) is 0 Å². The van der Waals surface area contributed by atoms with Crippen molar-refractivity contribution < 1.29 is 25.2 Å². The fourth-order valence-corrected chi connectivity index (χ4v) is 9.57. The van der Waals surface area contributed by atoms with Gasteiger partial charge in [0.1, 0.15) is 0 Å². The molecule has 0 radical (unpaired) electrons. The molecule has 5 heteroatoms. The number of carboxylic acids is 1. The van der Waals surface area contributed by atoms with Gasteiger partial charge >= 0.3 is 5.97 Å². The molecule has 0 saturated heterocycles. The van der Waals surface area contributed by atoms with Crippen LogP contribution in [0.15, 0.2) is 0 Å². The van der Waals surface area contributed by atoms with Crippen LogP contribution >= 0.6 is 0 Å². The van der Waals surface area contributed by atoms with E-state index in [1.165, 1.54) is 0 Å². The molecule has 4 rings (SSSR count). The van der Waals surface area contributed by atoms with Crippen LogP contribution in [0.1, 0.15) is 85.5 Å². The maximum Gasteiger partial charge on any atom is 0.303 e. The molecule has 0 heterocycles. The topological polar surface area (TPSA) is 98.0 Å². The SMILES string of the molecule is CC[C@H]1[C@@H](O)C2C3C[C@H](O)[C@H]([C@H](C)CCC(=O)O)[C@@]3(C)CCC2[C@@]2(C)CC[C@@H](O)C[C@@H]12. The van der Waals surface area contributed by atoms with Gasteiger partial charge in [0, 0.05) is 6.42 Å².